The Morgan fingerprint density at radius 2 is 0.983 bits per heavy atom. The highest BCUT2D eigenvalue weighted by molar-refractivity contribution is 6.20. The molecule has 0 aliphatic rings. The summed E-state index contributed by atoms with van der Waals surface area (Å²) >= 11 is 0. The molecule has 0 saturated heterocycles. The molecular weight excluding hydrogens is 717 g/mol. The number of para-hydroxylation sites is 3. The van der Waals surface area contributed by atoms with E-state index in [-0.39, 0.29) is 0 Å². The van der Waals surface area contributed by atoms with Crippen LogP contribution in [0.2, 0.25) is 0 Å². The first-order valence-electron chi connectivity index (χ1n) is 20.2. The average Bonchev–Trinajstić information content (AvgIpc) is 3.86. The lowest BCUT2D eigenvalue weighted by atomic mass is 9.96. The van der Waals surface area contributed by atoms with Gasteiger partial charge >= 0.3 is 0 Å². The van der Waals surface area contributed by atoms with E-state index in [1.165, 1.54) is 48.9 Å². The molecule has 0 saturated carbocycles. The summed E-state index contributed by atoms with van der Waals surface area (Å²) in [6.07, 6.45) is 0. The van der Waals surface area contributed by atoms with Gasteiger partial charge in [-0.3, -0.25) is 0 Å². The Balaban J connectivity index is 1.13. The van der Waals surface area contributed by atoms with Gasteiger partial charge in [0.1, 0.15) is 11.2 Å². The van der Waals surface area contributed by atoms with Crippen molar-refractivity contribution in [3.63, 3.8) is 0 Å². The zero-order valence-corrected chi connectivity index (χ0v) is 32.1. The fourth-order valence-electron chi connectivity index (χ4n) is 9.32. The van der Waals surface area contributed by atoms with Gasteiger partial charge in [0.15, 0.2) is 0 Å². The van der Waals surface area contributed by atoms with E-state index in [0.717, 1.165) is 61.4 Å². The molecule has 0 amide bonds. The first-order valence-corrected chi connectivity index (χ1v) is 20.2. The fraction of sp³-hybridized carbons (Fsp3) is 0. The molecule has 0 radical (unpaired) electrons. The van der Waals surface area contributed by atoms with Crippen LogP contribution in [0.4, 0.5) is 17.1 Å². The van der Waals surface area contributed by atoms with Crippen molar-refractivity contribution < 1.29 is 4.42 Å². The average molecular weight is 753 g/mol. The van der Waals surface area contributed by atoms with E-state index >= 15 is 0 Å². The Hall–Kier alpha value is -7.88. The lowest BCUT2D eigenvalue weighted by Crippen LogP contribution is -2.11. The van der Waals surface area contributed by atoms with Gasteiger partial charge < -0.3 is 13.9 Å². The van der Waals surface area contributed by atoms with E-state index in [9.17, 15) is 0 Å². The van der Waals surface area contributed by atoms with Crippen molar-refractivity contribution in [1.82, 2.24) is 4.57 Å². The second kappa shape index (κ2) is 13.4. The molecule has 3 nitrogen and oxygen atoms in total. The molecule has 0 fully saturated rings. The van der Waals surface area contributed by atoms with Crippen LogP contribution in [0.25, 0.3) is 93.2 Å². The van der Waals surface area contributed by atoms with Crippen molar-refractivity contribution in [3.05, 3.63) is 218 Å². The topological polar surface area (TPSA) is 21.3 Å². The summed E-state index contributed by atoms with van der Waals surface area (Å²) in [4.78, 5) is 2.45. The first kappa shape index (κ1) is 33.3. The minimum absolute atomic E-state index is 0.858. The van der Waals surface area contributed by atoms with Gasteiger partial charge in [-0.2, -0.15) is 0 Å². The highest BCUT2D eigenvalue weighted by atomic mass is 16.3. The van der Waals surface area contributed by atoms with E-state index in [1.807, 2.05) is 0 Å². The largest absolute Gasteiger partial charge is 0.455 e. The third-order valence-electron chi connectivity index (χ3n) is 11.9. The smallest absolute Gasteiger partial charge is 0.145 e. The molecule has 0 spiro atoms. The summed E-state index contributed by atoms with van der Waals surface area (Å²) in [7, 11) is 0. The molecule has 12 rings (SSSR count). The maximum absolute atomic E-state index is 6.99. The van der Waals surface area contributed by atoms with Crippen LogP contribution in [0.1, 0.15) is 0 Å². The molecule has 12 aromatic rings. The van der Waals surface area contributed by atoms with Crippen molar-refractivity contribution in [2.75, 3.05) is 4.90 Å². The number of nitrogens with zero attached hydrogens (tertiary/aromatic N) is 2. The minimum atomic E-state index is 0.858. The molecule has 0 bridgehead atoms. The van der Waals surface area contributed by atoms with Crippen molar-refractivity contribution in [2.24, 2.45) is 0 Å². The molecule has 0 N–H and O–H groups in total. The van der Waals surface area contributed by atoms with Crippen molar-refractivity contribution in [3.8, 4) is 27.9 Å². The minimum Gasteiger partial charge on any atom is -0.455 e. The highest BCUT2D eigenvalue weighted by Gasteiger charge is 2.25. The zero-order chi connectivity index (χ0) is 38.9. The van der Waals surface area contributed by atoms with Crippen LogP contribution >= 0.6 is 0 Å². The molecule has 0 aliphatic heterocycles. The van der Waals surface area contributed by atoms with E-state index in [2.05, 4.69) is 228 Å². The summed E-state index contributed by atoms with van der Waals surface area (Å²) in [5.74, 6) is 0. The Morgan fingerprint density at radius 3 is 1.78 bits per heavy atom. The monoisotopic (exact) mass is 752 g/mol. The highest BCUT2D eigenvalue weighted by Crippen LogP contribution is 2.49. The Labute approximate surface area is 341 Å². The standard InChI is InChI=1S/C56H36N2O/c1-2-16-37(17-3-1)38-19-14-21-41(34-38)58(53-36-40-18-4-5-23-43(40)45-24-6-7-25-46(45)53)52-33-32-44(56-55(52)49-28-10-13-31-54(49)59-56)39-20-15-22-42(35-39)57-50-29-11-8-26-47(50)48-27-9-12-30-51(48)57/h1-36H. The Bertz CT molecular complexity index is 3520. The van der Waals surface area contributed by atoms with Gasteiger partial charge in [0.05, 0.1) is 27.8 Å². The summed E-state index contributed by atoms with van der Waals surface area (Å²) in [6, 6.07) is 78.7. The summed E-state index contributed by atoms with van der Waals surface area (Å²) < 4.78 is 9.37. The molecular formula is C56H36N2O. The second-order valence-electron chi connectivity index (χ2n) is 15.3. The quantitative estimate of drug-likeness (QED) is 0.158. The Morgan fingerprint density at radius 1 is 0.373 bits per heavy atom. The number of furan rings is 1. The van der Waals surface area contributed by atoms with Gasteiger partial charge in [-0.05, 0) is 93.5 Å². The summed E-state index contributed by atoms with van der Waals surface area (Å²) in [6.45, 7) is 0. The number of benzene rings is 10. The van der Waals surface area contributed by atoms with Crippen molar-refractivity contribution in [2.45, 2.75) is 0 Å². The second-order valence-corrected chi connectivity index (χ2v) is 15.3. The fourth-order valence-corrected chi connectivity index (χ4v) is 9.32. The molecule has 2 heterocycles. The molecule has 3 heteroatoms. The third kappa shape index (κ3) is 5.29. The number of aromatic nitrogens is 1. The maximum atomic E-state index is 6.99. The van der Waals surface area contributed by atoms with Crippen molar-refractivity contribution in [1.29, 1.82) is 0 Å². The van der Waals surface area contributed by atoms with Gasteiger partial charge in [0.2, 0.25) is 0 Å². The Kier molecular flexibility index (Phi) is 7.54. The van der Waals surface area contributed by atoms with Crippen LogP contribution in [-0.4, -0.2) is 4.57 Å². The number of rotatable bonds is 6. The maximum Gasteiger partial charge on any atom is 0.145 e. The van der Waals surface area contributed by atoms with Crippen LogP contribution in [-0.2, 0) is 0 Å². The van der Waals surface area contributed by atoms with Crippen molar-refractivity contribution >= 4 is 82.4 Å². The van der Waals surface area contributed by atoms with Gasteiger partial charge in [0, 0.05) is 38.5 Å². The van der Waals surface area contributed by atoms with Crippen LogP contribution in [0, 0.1) is 0 Å². The van der Waals surface area contributed by atoms with Gasteiger partial charge in [0.25, 0.3) is 0 Å². The van der Waals surface area contributed by atoms with Gasteiger partial charge in [-0.25, -0.2) is 0 Å². The number of hydrogen-bond donors (Lipinski definition) is 0. The van der Waals surface area contributed by atoms with Crippen LogP contribution in [0.15, 0.2) is 223 Å². The molecule has 0 unspecified atom stereocenters. The molecule has 0 aliphatic carbocycles. The van der Waals surface area contributed by atoms with Crippen LogP contribution in [0.5, 0.6) is 0 Å². The SMILES string of the molecule is c1ccc(-c2cccc(N(c3cc4ccccc4c4ccccc34)c3ccc(-c4cccc(-n5c6ccccc6c6ccccc65)c4)c4oc5ccccc5c34)c2)cc1. The predicted molar refractivity (Wildman–Crippen MR) is 249 cm³/mol. The normalized spacial score (nSPS) is 11.7. The molecule has 10 aromatic carbocycles. The van der Waals surface area contributed by atoms with Gasteiger partial charge in [-0.1, -0.05) is 158 Å². The lowest BCUT2D eigenvalue weighted by Gasteiger charge is -2.29. The van der Waals surface area contributed by atoms with E-state index in [4.69, 9.17) is 4.42 Å². The number of fused-ring (bicyclic) bond motifs is 9. The lowest BCUT2D eigenvalue weighted by molar-refractivity contribution is 0.670. The van der Waals surface area contributed by atoms with E-state index < -0.39 is 0 Å². The van der Waals surface area contributed by atoms with Crippen LogP contribution in [0.3, 0.4) is 0 Å². The third-order valence-corrected chi connectivity index (χ3v) is 11.9. The summed E-state index contributed by atoms with van der Waals surface area (Å²) in [5.41, 5.74) is 12.9. The molecule has 2 aromatic heterocycles. The molecule has 276 valence electrons. The number of hydrogen-bond acceptors (Lipinski definition) is 2. The van der Waals surface area contributed by atoms with E-state index in [0.29, 0.717) is 0 Å². The molecule has 0 atom stereocenters. The van der Waals surface area contributed by atoms with Gasteiger partial charge in [-0.15, -0.1) is 0 Å². The molecule has 59 heavy (non-hydrogen) atoms. The zero-order valence-electron chi connectivity index (χ0n) is 32.1. The predicted octanol–water partition coefficient (Wildman–Crippen LogP) is 15.8. The first-order chi connectivity index (χ1) is 29.3. The van der Waals surface area contributed by atoms with Crippen LogP contribution < -0.4 is 4.90 Å². The number of anilines is 3. The summed E-state index contributed by atoms with van der Waals surface area (Å²) in [5, 5.41) is 9.47. The van der Waals surface area contributed by atoms with E-state index in [1.54, 1.807) is 0 Å².